The molecule has 0 saturated carbocycles. The lowest BCUT2D eigenvalue weighted by Gasteiger charge is -2.26. The number of aromatic nitrogens is 1. The minimum Gasteiger partial charge on any atom is -0.384 e. The molecule has 0 aromatic carbocycles. The molecule has 4 nitrogen and oxygen atoms in total. The number of carbonyl (C=O) groups excluding carboxylic acids is 1. The molecule has 0 atom stereocenters. The monoisotopic (exact) mass is 260 g/mol. The fourth-order valence-corrected chi connectivity index (χ4v) is 1.71. The predicted octanol–water partition coefficient (Wildman–Crippen LogP) is 1.54. The van der Waals surface area contributed by atoms with Gasteiger partial charge in [0.1, 0.15) is 12.3 Å². The van der Waals surface area contributed by atoms with Crippen LogP contribution in [-0.4, -0.2) is 41.1 Å². The Labute approximate surface area is 114 Å². The van der Waals surface area contributed by atoms with E-state index in [2.05, 4.69) is 37.6 Å². The molecule has 1 aromatic rings. The van der Waals surface area contributed by atoms with E-state index in [0.29, 0.717) is 17.8 Å². The summed E-state index contributed by atoms with van der Waals surface area (Å²) in [7, 11) is 1.77. The van der Waals surface area contributed by atoms with Gasteiger partial charge in [0.15, 0.2) is 0 Å². The topological polar surface area (TPSA) is 53.4 Å². The Balaban J connectivity index is 2.78. The minimum absolute atomic E-state index is 0.0525. The molecule has 0 spiro atoms. The van der Waals surface area contributed by atoms with E-state index in [1.807, 2.05) is 0 Å². The lowest BCUT2D eigenvalue weighted by molar-refractivity contribution is 0.0740. The number of nitrogens with zero attached hydrogens (tertiary/aromatic N) is 2. The average molecular weight is 260 g/mol. The Hall–Kier alpha value is -1.86. The molecule has 102 valence electrons. The van der Waals surface area contributed by atoms with Gasteiger partial charge in [0.25, 0.3) is 5.91 Å². The number of pyridine rings is 1. The van der Waals surface area contributed by atoms with Crippen LogP contribution in [0.1, 0.15) is 36.8 Å². The van der Waals surface area contributed by atoms with Gasteiger partial charge in [0.2, 0.25) is 0 Å². The molecule has 1 N–H and O–H groups in total. The number of rotatable bonds is 2. The van der Waals surface area contributed by atoms with Gasteiger partial charge < -0.3 is 10.0 Å². The zero-order chi connectivity index (χ0) is 14.5. The molecule has 0 saturated heterocycles. The van der Waals surface area contributed by atoms with Crippen molar-refractivity contribution in [3.63, 3.8) is 0 Å². The summed E-state index contributed by atoms with van der Waals surface area (Å²) in [6, 6.07) is 3.39. The molecule has 0 aliphatic rings. The first-order valence-corrected chi connectivity index (χ1v) is 6.15. The van der Waals surface area contributed by atoms with Crippen LogP contribution in [0.2, 0.25) is 0 Å². The molecule has 0 aliphatic carbocycles. The maximum Gasteiger partial charge on any atom is 0.272 e. The van der Waals surface area contributed by atoms with Crippen molar-refractivity contribution < 1.29 is 9.90 Å². The van der Waals surface area contributed by atoms with Crippen molar-refractivity contribution in [2.45, 2.75) is 20.8 Å². The molecule has 0 unspecified atom stereocenters. The van der Waals surface area contributed by atoms with Crippen LogP contribution in [-0.2, 0) is 0 Å². The summed E-state index contributed by atoms with van der Waals surface area (Å²) >= 11 is 0. The molecular formula is C15H20N2O2. The van der Waals surface area contributed by atoms with Crippen LogP contribution in [0.15, 0.2) is 18.3 Å². The number of hydrogen-bond donors (Lipinski definition) is 1. The van der Waals surface area contributed by atoms with Crippen molar-refractivity contribution in [3.05, 3.63) is 29.6 Å². The second kappa shape index (κ2) is 6.35. The fraction of sp³-hybridized carbons (Fsp3) is 0.467. The molecule has 19 heavy (non-hydrogen) atoms. The summed E-state index contributed by atoms with van der Waals surface area (Å²) < 4.78 is 0. The minimum atomic E-state index is -0.186. The summed E-state index contributed by atoms with van der Waals surface area (Å²) in [6.45, 7) is 6.72. The van der Waals surface area contributed by atoms with Crippen LogP contribution >= 0.6 is 0 Å². The predicted molar refractivity (Wildman–Crippen MR) is 74.6 cm³/mol. The van der Waals surface area contributed by atoms with E-state index >= 15 is 0 Å². The fourth-order valence-electron chi connectivity index (χ4n) is 1.71. The van der Waals surface area contributed by atoms with E-state index in [4.69, 9.17) is 5.11 Å². The van der Waals surface area contributed by atoms with E-state index in [1.54, 1.807) is 30.3 Å². The van der Waals surface area contributed by atoms with E-state index in [0.717, 1.165) is 0 Å². The number of hydrogen-bond acceptors (Lipinski definition) is 3. The van der Waals surface area contributed by atoms with E-state index < -0.39 is 0 Å². The normalized spacial score (nSPS) is 10.6. The summed E-state index contributed by atoms with van der Waals surface area (Å²) in [5, 5.41) is 8.60. The Morgan fingerprint density at radius 3 is 2.58 bits per heavy atom. The summed E-state index contributed by atoms with van der Waals surface area (Å²) in [5.74, 6) is 5.18. The quantitative estimate of drug-likeness (QED) is 0.821. The first kappa shape index (κ1) is 15.2. The second-order valence-corrected chi connectivity index (χ2v) is 5.61. The average Bonchev–Trinajstić information content (AvgIpc) is 2.34. The maximum absolute atomic E-state index is 12.1. The number of aliphatic hydroxyl groups is 1. The van der Waals surface area contributed by atoms with Crippen molar-refractivity contribution >= 4 is 5.91 Å². The van der Waals surface area contributed by atoms with Crippen molar-refractivity contribution in [1.82, 2.24) is 9.88 Å². The highest BCUT2D eigenvalue weighted by molar-refractivity contribution is 5.92. The highest BCUT2D eigenvalue weighted by Gasteiger charge is 2.19. The van der Waals surface area contributed by atoms with Crippen LogP contribution in [0.4, 0.5) is 0 Å². The molecule has 1 amide bonds. The van der Waals surface area contributed by atoms with Gasteiger partial charge in [-0.1, -0.05) is 32.6 Å². The third-order valence-corrected chi connectivity index (χ3v) is 2.35. The SMILES string of the molecule is CN(CC(C)(C)C)C(=O)c1ccc(C#CCO)cn1. The third-order valence-electron chi connectivity index (χ3n) is 2.35. The number of carbonyl (C=O) groups is 1. The van der Waals surface area contributed by atoms with Crippen molar-refractivity contribution in [2.24, 2.45) is 5.41 Å². The Kier molecular flexibility index (Phi) is 5.08. The van der Waals surface area contributed by atoms with E-state index in [9.17, 15) is 4.79 Å². The molecule has 0 aliphatic heterocycles. The van der Waals surface area contributed by atoms with Crippen molar-refractivity contribution in [3.8, 4) is 11.8 Å². The van der Waals surface area contributed by atoms with Gasteiger partial charge >= 0.3 is 0 Å². The van der Waals surface area contributed by atoms with Crippen LogP contribution in [0.5, 0.6) is 0 Å². The first-order chi connectivity index (χ1) is 8.83. The van der Waals surface area contributed by atoms with Gasteiger partial charge in [-0.3, -0.25) is 4.79 Å². The van der Waals surface area contributed by atoms with Gasteiger partial charge in [0, 0.05) is 25.4 Å². The summed E-state index contributed by atoms with van der Waals surface area (Å²) in [4.78, 5) is 17.9. The van der Waals surface area contributed by atoms with Gasteiger partial charge in [-0.25, -0.2) is 4.98 Å². The molecule has 0 radical (unpaired) electrons. The molecular weight excluding hydrogens is 240 g/mol. The standard InChI is InChI=1S/C15H20N2O2/c1-15(2,3)11-17(4)14(19)13-8-7-12(10-16-13)6-5-9-18/h7-8,10,18H,9,11H2,1-4H3. The lowest BCUT2D eigenvalue weighted by Crippen LogP contribution is -2.34. The lowest BCUT2D eigenvalue weighted by atomic mass is 9.96. The zero-order valence-electron chi connectivity index (χ0n) is 11.9. The highest BCUT2D eigenvalue weighted by atomic mass is 16.2. The van der Waals surface area contributed by atoms with Gasteiger partial charge in [0.05, 0.1) is 0 Å². The summed E-state index contributed by atoms with van der Waals surface area (Å²) in [5.41, 5.74) is 1.14. The summed E-state index contributed by atoms with van der Waals surface area (Å²) in [6.07, 6.45) is 1.54. The molecule has 1 rings (SSSR count). The van der Waals surface area contributed by atoms with Gasteiger partial charge in [-0.05, 0) is 17.5 Å². The third kappa shape index (κ3) is 5.11. The second-order valence-electron chi connectivity index (χ2n) is 5.61. The Bertz CT molecular complexity index is 490. The van der Waals surface area contributed by atoms with E-state index in [-0.39, 0.29) is 17.9 Å². The Morgan fingerprint density at radius 1 is 1.42 bits per heavy atom. The maximum atomic E-state index is 12.1. The largest absolute Gasteiger partial charge is 0.384 e. The number of aliphatic hydroxyl groups excluding tert-OH is 1. The zero-order valence-corrected chi connectivity index (χ0v) is 11.9. The van der Waals surface area contributed by atoms with Crippen LogP contribution in [0, 0.1) is 17.3 Å². The smallest absolute Gasteiger partial charge is 0.272 e. The Morgan fingerprint density at radius 2 is 2.11 bits per heavy atom. The molecule has 0 fully saturated rings. The molecule has 4 heteroatoms. The van der Waals surface area contributed by atoms with Crippen molar-refractivity contribution in [2.75, 3.05) is 20.2 Å². The van der Waals surface area contributed by atoms with Gasteiger partial charge in [-0.2, -0.15) is 0 Å². The highest BCUT2D eigenvalue weighted by Crippen LogP contribution is 2.15. The first-order valence-electron chi connectivity index (χ1n) is 6.15. The molecule has 1 heterocycles. The van der Waals surface area contributed by atoms with Crippen LogP contribution < -0.4 is 0 Å². The molecule has 0 bridgehead atoms. The number of amides is 1. The van der Waals surface area contributed by atoms with Crippen LogP contribution in [0.3, 0.4) is 0 Å². The van der Waals surface area contributed by atoms with Crippen LogP contribution in [0.25, 0.3) is 0 Å². The van der Waals surface area contributed by atoms with E-state index in [1.165, 1.54) is 0 Å². The van der Waals surface area contributed by atoms with Crippen molar-refractivity contribution in [1.29, 1.82) is 0 Å². The molecule has 1 aromatic heterocycles. The van der Waals surface area contributed by atoms with Gasteiger partial charge in [-0.15, -0.1) is 0 Å².